The molecule has 22 N–H and O–H groups in total. The van der Waals surface area contributed by atoms with Crippen LogP contribution in [0.4, 0.5) is 0 Å². The minimum Gasteiger partial charge on any atom is -0.508 e. The van der Waals surface area contributed by atoms with Crippen LogP contribution in [-0.4, -0.2) is 186 Å². The van der Waals surface area contributed by atoms with Gasteiger partial charge in [0.05, 0.1) is 25.0 Å². The summed E-state index contributed by atoms with van der Waals surface area (Å²) in [5.41, 5.74) is 19.4. The average Bonchev–Trinajstić information content (AvgIpc) is 1.78. The van der Waals surface area contributed by atoms with Crippen LogP contribution in [0.15, 0.2) is 79.0 Å². The van der Waals surface area contributed by atoms with Gasteiger partial charge in [0.1, 0.15) is 65.9 Å². The highest BCUT2D eigenvalue weighted by atomic mass is 16.4. The van der Waals surface area contributed by atoms with Crippen molar-refractivity contribution in [1.29, 1.82) is 0 Å². The number of aliphatic carboxylic acids is 3. The van der Waals surface area contributed by atoms with Crippen LogP contribution in [0.3, 0.4) is 0 Å². The first-order valence-electron chi connectivity index (χ1n) is 29.8. The molecule has 0 radical (unpaired) electrons. The number of benzene rings is 3. The monoisotopic (exact) mass is 1300 g/mol. The molecule has 0 aliphatic heterocycles. The number of rotatable bonds is 39. The van der Waals surface area contributed by atoms with Gasteiger partial charge in [-0.25, -0.2) is 0 Å². The van der Waals surface area contributed by atoms with Crippen molar-refractivity contribution in [2.75, 3.05) is 6.54 Å². The Labute approximate surface area is 533 Å². The zero-order valence-corrected chi connectivity index (χ0v) is 51.6. The lowest BCUT2D eigenvalue weighted by Gasteiger charge is -2.29. The summed E-state index contributed by atoms with van der Waals surface area (Å²) >= 11 is 0. The molecule has 506 valence electrons. The van der Waals surface area contributed by atoms with E-state index in [-0.39, 0.29) is 62.5 Å². The Kier molecular flexibility index (Phi) is 29.6. The molecule has 0 unspecified atom stereocenters. The zero-order valence-electron chi connectivity index (χ0n) is 51.6. The van der Waals surface area contributed by atoms with E-state index in [0.717, 1.165) is 6.92 Å². The van der Waals surface area contributed by atoms with Crippen molar-refractivity contribution < 1.29 is 93.0 Å². The van der Waals surface area contributed by atoms with Crippen LogP contribution in [0, 0.1) is 5.92 Å². The van der Waals surface area contributed by atoms with Crippen LogP contribution in [0.1, 0.15) is 95.8 Å². The first kappa shape index (κ1) is 75.2. The van der Waals surface area contributed by atoms with Crippen LogP contribution in [0.2, 0.25) is 0 Å². The largest absolute Gasteiger partial charge is 0.508 e. The Morgan fingerprint density at radius 1 is 0.495 bits per heavy atom. The summed E-state index contributed by atoms with van der Waals surface area (Å²) < 4.78 is 0. The van der Waals surface area contributed by atoms with E-state index in [1.807, 2.05) is 0 Å². The molecule has 3 aromatic carbocycles. The lowest BCUT2D eigenvalue weighted by molar-refractivity contribution is -0.142. The van der Waals surface area contributed by atoms with Crippen molar-refractivity contribution in [3.05, 3.63) is 95.7 Å². The minimum absolute atomic E-state index is 0.0706. The molecule has 0 bridgehead atoms. The third-order valence-electron chi connectivity index (χ3n) is 14.5. The summed E-state index contributed by atoms with van der Waals surface area (Å²) in [6.45, 7) is 5.86. The molecule has 10 amide bonds. The highest BCUT2D eigenvalue weighted by molar-refractivity contribution is 6.00. The van der Waals surface area contributed by atoms with Crippen LogP contribution in [0.25, 0.3) is 10.9 Å². The topological polar surface area (TPSA) is 545 Å². The number of hydrogen-bond donors (Lipinski definition) is 19. The second-order valence-electron chi connectivity index (χ2n) is 22.7. The van der Waals surface area contributed by atoms with Crippen molar-refractivity contribution in [2.24, 2.45) is 23.1 Å². The molecular weight excluding hydrogens is 1220 g/mol. The van der Waals surface area contributed by atoms with Crippen LogP contribution in [-0.2, 0) is 81.6 Å². The normalized spacial score (nSPS) is 14.7. The maximum Gasteiger partial charge on any atom is 0.325 e. The zero-order chi connectivity index (χ0) is 69.2. The number of aliphatic hydroxyl groups is 1. The molecule has 0 aliphatic carbocycles. The molecule has 0 saturated carbocycles. The van der Waals surface area contributed by atoms with Gasteiger partial charge in [-0.2, -0.15) is 0 Å². The quantitative estimate of drug-likeness (QED) is 0.0200. The third-order valence-corrected chi connectivity index (χ3v) is 14.5. The fraction of sp³-hybridized carbons (Fsp3) is 0.459. The number of carbonyl (C=O) groups excluding carboxylic acids is 10. The Morgan fingerprint density at radius 3 is 1.51 bits per heavy atom. The predicted molar refractivity (Wildman–Crippen MR) is 331 cm³/mol. The molecule has 0 aliphatic rings. The highest BCUT2D eigenvalue weighted by Crippen LogP contribution is 2.21. The number of carboxylic acid groups (broad SMARTS) is 3. The molecule has 1 aromatic heterocycles. The van der Waals surface area contributed by atoms with Crippen molar-refractivity contribution in [3.63, 3.8) is 0 Å². The molecule has 32 heteroatoms. The van der Waals surface area contributed by atoms with E-state index in [1.54, 1.807) is 44.3 Å². The summed E-state index contributed by atoms with van der Waals surface area (Å²) in [6, 6.07) is 1.71. The van der Waals surface area contributed by atoms with Crippen molar-refractivity contribution >= 4 is 87.9 Å². The number of primary amides is 1. The lowest BCUT2D eigenvalue weighted by atomic mass is 9.99. The van der Waals surface area contributed by atoms with E-state index in [4.69, 9.17) is 17.2 Å². The first-order valence-corrected chi connectivity index (χ1v) is 29.8. The van der Waals surface area contributed by atoms with E-state index in [2.05, 4.69) is 52.8 Å². The van der Waals surface area contributed by atoms with Crippen molar-refractivity contribution in [3.8, 4) is 11.5 Å². The van der Waals surface area contributed by atoms with Crippen LogP contribution < -0.4 is 65.1 Å². The minimum atomic E-state index is -2.04. The van der Waals surface area contributed by atoms with E-state index in [1.165, 1.54) is 55.5 Å². The molecule has 4 rings (SSSR count). The number of phenolic OH excluding ortho intramolecular Hbond substituents is 2. The van der Waals surface area contributed by atoms with Crippen LogP contribution >= 0.6 is 0 Å². The Balaban J connectivity index is 1.59. The summed E-state index contributed by atoms with van der Waals surface area (Å²) in [4.78, 5) is 177. The van der Waals surface area contributed by atoms with E-state index < -0.39 is 169 Å². The fourth-order valence-electron chi connectivity index (χ4n) is 9.52. The number of aliphatic hydroxyl groups excluding tert-OH is 1. The molecule has 4 aromatic rings. The number of nitrogens with two attached hydrogens (primary N) is 3. The number of aromatic hydroxyl groups is 2. The molecule has 93 heavy (non-hydrogen) atoms. The molecule has 0 spiro atoms. The number of amides is 10. The predicted octanol–water partition coefficient (Wildman–Crippen LogP) is -2.83. The highest BCUT2D eigenvalue weighted by Gasteiger charge is 2.38. The molecular formula is C61H83N13O19. The SMILES string of the molecule is CC(C)C[C@H](NC(=O)[C@H](CCCCN)NC(=O)[C@@H](NC(=O)[C@H](CC(N)=O)NC(=O)[C@H](CCC(=O)O)NC(=O)[C@H](CC(=O)O)NC(=O)[C@@H](N)Cc1ccc(O)cc1)[C@@H](C)O)C(=O)N[C@@H](Cc1c[nH]c2ccccc12)C(=O)N[C@@H](Cc1ccc(O)cc1)C(=O)N[C@@H](C)C(=O)O. The van der Waals surface area contributed by atoms with Crippen molar-refractivity contribution in [1.82, 2.24) is 52.8 Å². The Bertz CT molecular complexity index is 3290. The van der Waals surface area contributed by atoms with Gasteiger partial charge in [0.15, 0.2) is 0 Å². The third kappa shape index (κ3) is 25.2. The number of nitrogens with one attached hydrogen (secondary N) is 10. The van der Waals surface area contributed by atoms with Gasteiger partial charge in [0, 0.05) is 36.4 Å². The maximum absolute atomic E-state index is 14.7. The average molecular weight is 1300 g/mol. The van der Waals surface area contributed by atoms with Gasteiger partial charge in [-0.05, 0) is 112 Å². The lowest BCUT2D eigenvalue weighted by Crippen LogP contribution is -2.62. The van der Waals surface area contributed by atoms with Crippen molar-refractivity contribution in [2.45, 2.75) is 165 Å². The van der Waals surface area contributed by atoms with E-state index in [0.29, 0.717) is 34.0 Å². The van der Waals surface area contributed by atoms with Gasteiger partial charge >= 0.3 is 17.9 Å². The standard InChI is InChI=1S/C61H83N13O19/c1-30(2)23-43(56(87)72-45(26-35-29-65-40-10-6-5-9-38(35)40)57(88)71-44(55(86)66-31(3)61(92)93)25-34-14-18-37(77)19-15-34)70-53(84)41(11-7-8-22-62)68-60(91)51(32(4)75)74-59(90)46(27-48(64)78)73-54(85)42(20-21-49(79)80)67-58(89)47(28-50(81)82)69-52(83)39(63)24-33-12-16-36(76)17-13-33/h5-6,9-10,12-19,29-32,39,41-47,51,65,75-77H,7-8,11,20-28,62-63H2,1-4H3,(H2,64,78)(H,66,86)(H,67,89)(H,68,91)(H,69,83)(H,70,84)(H,71,88)(H,72,87)(H,73,85)(H,74,90)(H,79,80)(H,81,82)(H,92,93)/t31-,32+,39-,41-,42-,43-,44-,45-,46-,47-,51-/m0/s1. The number of para-hydroxylation sites is 1. The first-order chi connectivity index (χ1) is 43.8. The number of carbonyl (C=O) groups is 13. The second kappa shape index (κ2) is 36.6. The number of H-pyrrole nitrogens is 1. The molecule has 0 fully saturated rings. The molecule has 1 heterocycles. The van der Waals surface area contributed by atoms with Gasteiger partial charge < -0.3 is 101 Å². The van der Waals surface area contributed by atoms with Gasteiger partial charge in [-0.3, -0.25) is 62.3 Å². The maximum atomic E-state index is 14.7. The number of fused-ring (bicyclic) bond motifs is 1. The number of aromatic amines is 1. The summed E-state index contributed by atoms with van der Waals surface area (Å²) in [7, 11) is 0. The summed E-state index contributed by atoms with van der Waals surface area (Å²) in [6.07, 6.45) is -4.09. The van der Waals surface area contributed by atoms with Gasteiger partial charge in [-0.15, -0.1) is 0 Å². The second-order valence-corrected chi connectivity index (χ2v) is 22.7. The van der Waals surface area contributed by atoms with E-state index >= 15 is 0 Å². The molecule has 32 nitrogen and oxygen atoms in total. The number of hydrogen-bond acceptors (Lipinski definition) is 18. The van der Waals surface area contributed by atoms with E-state index in [9.17, 15) is 93.0 Å². The summed E-state index contributed by atoms with van der Waals surface area (Å²) in [5.74, 6) is -16.1. The number of unbranched alkanes of at least 4 members (excludes halogenated alkanes) is 1. The molecule has 11 atom stereocenters. The van der Waals surface area contributed by atoms with Gasteiger partial charge in [0.25, 0.3) is 0 Å². The van der Waals surface area contributed by atoms with Crippen LogP contribution in [0.5, 0.6) is 11.5 Å². The molecule has 0 saturated heterocycles. The smallest absolute Gasteiger partial charge is 0.325 e. The van der Waals surface area contributed by atoms with Gasteiger partial charge in [-0.1, -0.05) is 56.3 Å². The number of phenols is 2. The summed E-state index contributed by atoms with van der Waals surface area (Å²) in [5, 5.41) is 81.3. The Morgan fingerprint density at radius 2 is 0.957 bits per heavy atom. The van der Waals surface area contributed by atoms with Gasteiger partial charge in [0.2, 0.25) is 59.1 Å². The number of aromatic nitrogens is 1. The number of carboxylic acids is 3. The fourth-order valence-corrected chi connectivity index (χ4v) is 9.52. The Hall–Kier alpha value is -10.2.